The van der Waals surface area contributed by atoms with Crippen molar-refractivity contribution in [2.75, 3.05) is 0 Å². The quantitative estimate of drug-likeness (QED) is 0.655. The minimum Gasteiger partial charge on any atom is -0.488 e. The fourth-order valence-electron chi connectivity index (χ4n) is 2.07. The molecule has 0 atom stereocenters. The zero-order chi connectivity index (χ0) is 18.4. The van der Waals surface area contributed by atoms with E-state index in [9.17, 15) is 9.18 Å². The number of halogens is 1. The van der Waals surface area contributed by atoms with Crippen LogP contribution in [0.3, 0.4) is 0 Å². The zero-order valence-electron chi connectivity index (χ0n) is 13.6. The van der Waals surface area contributed by atoms with Gasteiger partial charge in [-0.1, -0.05) is 42.0 Å². The van der Waals surface area contributed by atoms with E-state index in [0.717, 1.165) is 0 Å². The van der Waals surface area contributed by atoms with Gasteiger partial charge < -0.3 is 4.74 Å². The molecule has 7 nitrogen and oxygen atoms in total. The molecule has 0 fully saturated rings. The van der Waals surface area contributed by atoms with Crippen LogP contribution in [0, 0.1) is 5.82 Å². The third-order valence-electron chi connectivity index (χ3n) is 3.37. The van der Waals surface area contributed by atoms with E-state index in [2.05, 4.69) is 32.3 Å². The topological polar surface area (TPSA) is 87.8 Å². The molecule has 26 heavy (non-hydrogen) atoms. The normalized spacial score (nSPS) is 15.5. The molecule has 0 radical (unpaired) electrons. The van der Waals surface area contributed by atoms with Crippen LogP contribution in [0.15, 0.2) is 81.2 Å². The highest BCUT2D eigenvalue weighted by molar-refractivity contribution is 6.08. The van der Waals surface area contributed by atoms with Crippen LogP contribution in [0.1, 0.15) is 11.1 Å². The lowest BCUT2D eigenvalue weighted by Crippen LogP contribution is -2.31. The Morgan fingerprint density at radius 3 is 2.77 bits per heavy atom. The average molecular weight is 351 g/mol. The van der Waals surface area contributed by atoms with Gasteiger partial charge in [-0.15, -0.1) is 10.2 Å². The lowest BCUT2D eigenvalue weighted by Gasteiger charge is -2.09. The van der Waals surface area contributed by atoms with Crippen molar-refractivity contribution >= 4 is 18.1 Å². The molecule has 1 aliphatic heterocycles. The van der Waals surface area contributed by atoms with Gasteiger partial charge in [0.15, 0.2) is 5.84 Å². The van der Waals surface area contributed by atoms with E-state index >= 15 is 0 Å². The highest BCUT2D eigenvalue weighted by Crippen LogP contribution is 2.18. The Kier molecular flexibility index (Phi) is 5.23. The van der Waals surface area contributed by atoms with E-state index in [4.69, 9.17) is 4.74 Å². The van der Waals surface area contributed by atoms with Crippen molar-refractivity contribution in [2.45, 2.75) is 6.61 Å². The summed E-state index contributed by atoms with van der Waals surface area (Å²) < 4.78 is 19.4. The number of para-hydroxylation sites is 1. The maximum atomic E-state index is 13.7. The molecular weight excluding hydrogens is 337 g/mol. The van der Waals surface area contributed by atoms with Crippen molar-refractivity contribution in [3.05, 3.63) is 77.8 Å². The van der Waals surface area contributed by atoms with Gasteiger partial charge in [0.05, 0.1) is 6.21 Å². The Hall–Kier alpha value is -3.68. The Bertz CT molecular complexity index is 937. The Balaban J connectivity index is 1.73. The van der Waals surface area contributed by atoms with Crippen molar-refractivity contribution < 1.29 is 13.9 Å². The second kappa shape index (κ2) is 7.93. The molecule has 0 saturated carbocycles. The molecule has 0 aromatic heterocycles. The number of hydrogen-bond donors (Lipinski definition) is 1. The fourth-order valence-corrected chi connectivity index (χ4v) is 2.07. The van der Waals surface area contributed by atoms with Gasteiger partial charge in [0.2, 0.25) is 0 Å². The molecule has 0 bridgehead atoms. The van der Waals surface area contributed by atoms with Gasteiger partial charge in [0.1, 0.15) is 23.9 Å². The molecule has 1 heterocycles. The molecule has 2 amide bonds. The van der Waals surface area contributed by atoms with E-state index in [0.29, 0.717) is 16.9 Å². The van der Waals surface area contributed by atoms with Gasteiger partial charge >= 0.3 is 6.03 Å². The molecule has 0 saturated heterocycles. The van der Waals surface area contributed by atoms with Gasteiger partial charge in [-0.25, -0.2) is 9.18 Å². The lowest BCUT2D eigenvalue weighted by molar-refractivity contribution is 0.251. The molecule has 2 aromatic rings. The van der Waals surface area contributed by atoms with Crippen molar-refractivity contribution in [3.8, 4) is 5.75 Å². The number of urea groups is 1. The highest BCUT2D eigenvalue weighted by Gasteiger charge is 2.14. The van der Waals surface area contributed by atoms with E-state index in [1.54, 1.807) is 42.5 Å². The molecule has 1 N–H and O–H groups in total. The first-order valence-electron chi connectivity index (χ1n) is 7.62. The molecule has 130 valence electrons. The summed E-state index contributed by atoms with van der Waals surface area (Å²) in [5.74, 6) is 0.308. The average Bonchev–Trinajstić information content (AvgIpc) is 2.65. The van der Waals surface area contributed by atoms with Crippen molar-refractivity contribution in [2.24, 2.45) is 20.4 Å². The summed E-state index contributed by atoms with van der Waals surface area (Å²) in [6.07, 6.45) is 1.45. The number of nitrogens with zero attached hydrogens (tertiary/aromatic N) is 4. The van der Waals surface area contributed by atoms with Gasteiger partial charge in [0.25, 0.3) is 0 Å². The summed E-state index contributed by atoms with van der Waals surface area (Å²) in [5, 5.41) is 17.0. The van der Waals surface area contributed by atoms with Crippen LogP contribution in [0.4, 0.5) is 9.18 Å². The fraction of sp³-hybridized carbons (Fsp3) is 0.0556. The smallest absolute Gasteiger partial charge is 0.365 e. The van der Waals surface area contributed by atoms with Crippen LogP contribution in [0.2, 0.25) is 0 Å². The summed E-state index contributed by atoms with van der Waals surface area (Å²) in [4.78, 5) is 11.2. The van der Waals surface area contributed by atoms with Crippen LogP contribution in [0.5, 0.6) is 5.75 Å². The van der Waals surface area contributed by atoms with E-state index < -0.39 is 6.03 Å². The number of hydrogen-bond acceptors (Lipinski definition) is 5. The maximum Gasteiger partial charge on any atom is 0.365 e. The van der Waals surface area contributed by atoms with Crippen LogP contribution < -0.4 is 10.1 Å². The molecule has 3 rings (SSSR count). The summed E-state index contributed by atoms with van der Waals surface area (Å²) in [5.41, 5.74) is 1.29. The van der Waals surface area contributed by atoms with Gasteiger partial charge in [-0.2, -0.15) is 5.10 Å². The first-order chi connectivity index (χ1) is 12.6. The zero-order valence-corrected chi connectivity index (χ0v) is 13.6. The second-order valence-electron chi connectivity index (χ2n) is 5.19. The summed E-state index contributed by atoms with van der Waals surface area (Å²) in [6, 6.07) is 12.9. The number of ether oxygens (including phenoxy) is 1. The van der Waals surface area contributed by atoms with E-state index in [1.807, 2.05) is 0 Å². The van der Waals surface area contributed by atoms with Crippen LogP contribution in [-0.2, 0) is 6.61 Å². The lowest BCUT2D eigenvalue weighted by atomic mass is 10.2. The molecule has 2 aromatic carbocycles. The van der Waals surface area contributed by atoms with Crippen LogP contribution in [0.25, 0.3) is 0 Å². The number of amides is 2. The van der Waals surface area contributed by atoms with E-state index in [-0.39, 0.29) is 24.0 Å². The summed E-state index contributed by atoms with van der Waals surface area (Å²) in [7, 11) is 0. The Morgan fingerprint density at radius 1 is 1.15 bits per heavy atom. The predicted molar refractivity (Wildman–Crippen MR) is 94.7 cm³/mol. The summed E-state index contributed by atoms with van der Waals surface area (Å²) >= 11 is 0. The monoisotopic (exact) mass is 351 g/mol. The third kappa shape index (κ3) is 4.23. The van der Waals surface area contributed by atoms with E-state index in [1.165, 1.54) is 12.3 Å². The minimum absolute atomic E-state index is 0.0826. The maximum absolute atomic E-state index is 13.7. The molecule has 1 aliphatic rings. The number of azo groups is 1. The Labute approximate surface area is 148 Å². The van der Waals surface area contributed by atoms with Gasteiger partial charge in [-0.05, 0) is 18.2 Å². The van der Waals surface area contributed by atoms with Crippen LogP contribution >= 0.6 is 0 Å². The SMILES string of the molecule is C=C1N=NC(=O)N/C1=N/N=C/c1ccccc1OCc1ccccc1F. The molecule has 0 aliphatic carbocycles. The standard InChI is InChI=1S/C18H14FN5O2/c1-12-17(21-18(25)24-22-12)23-20-10-13-6-3-5-9-16(13)26-11-14-7-2-4-8-15(14)19/h2-10H,1,11H2,(H,21,23,25)/b20-10+. The largest absolute Gasteiger partial charge is 0.488 e. The summed E-state index contributed by atoms with van der Waals surface area (Å²) in [6.45, 7) is 3.69. The second-order valence-corrected chi connectivity index (χ2v) is 5.19. The molecule has 8 heteroatoms. The van der Waals surface area contributed by atoms with Crippen LogP contribution in [-0.4, -0.2) is 18.1 Å². The van der Waals surface area contributed by atoms with Crippen molar-refractivity contribution in [1.29, 1.82) is 0 Å². The number of carbonyl (C=O) groups is 1. The minimum atomic E-state index is -0.639. The van der Waals surface area contributed by atoms with Crippen molar-refractivity contribution in [1.82, 2.24) is 5.32 Å². The Morgan fingerprint density at radius 2 is 1.92 bits per heavy atom. The first-order valence-corrected chi connectivity index (χ1v) is 7.62. The first kappa shape index (κ1) is 17.2. The molecule has 0 spiro atoms. The number of rotatable bonds is 5. The van der Waals surface area contributed by atoms with Gasteiger partial charge in [0, 0.05) is 11.1 Å². The number of amidine groups is 1. The van der Waals surface area contributed by atoms with Crippen molar-refractivity contribution in [3.63, 3.8) is 0 Å². The third-order valence-corrected chi connectivity index (χ3v) is 3.37. The van der Waals surface area contributed by atoms with Gasteiger partial charge in [-0.3, -0.25) is 5.32 Å². The molecular formula is C18H14FN5O2. The number of nitrogens with one attached hydrogen (secondary N) is 1. The predicted octanol–water partition coefficient (Wildman–Crippen LogP) is 3.83. The number of carbonyl (C=O) groups excluding carboxylic acids is 1. The molecule has 0 unspecified atom stereocenters. The highest BCUT2D eigenvalue weighted by atomic mass is 19.1. The number of benzene rings is 2.